The highest BCUT2D eigenvalue weighted by Gasteiger charge is 1.93. The Balaban J connectivity index is 1.89. The Kier molecular flexibility index (Phi) is 7.79. The maximum atomic E-state index is 5.53. The van der Waals surface area contributed by atoms with Crippen molar-refractivity contribution in [3.05, 3.63) is 35.9 Å². The van der Waals surface area contributed by atoms with E-state index in [1.807, 2.05) is 0 Å². The number of hydrogen-bond acceptors (Lipinski definition) is 1. The molecule has 1 rings (SSSR count). The first-order valence-corrected chi connectivity index (χ1v) is 6.55. The third kappa shape index (κ3) is 6.62. The molecule has 0 atom stereocenters. The molecule has 0 aromatic heterocycles. The standard InChI is InChI=1S/C15H24O/c1-2-3-13-16-14-9-5-8-12-15-10-6-4-7-11-15/h4,6-7,10-11H,2-3,5,8-9,12-14H2,1H3. The van der Waals surface area contributed by atoms with Crippen molar-refractivity contribution in [1.29, 1.82) is 0 Å². The first-order valence-electron chi connectivity index (χ1n) is 6.55. The van der Waals surface area contributed by atoms with Crippen molar-refractivity contribution in [2.24, 2.45) is 0 Å². The van der Waals surface area contributed by atoms with Crippen LogP contribution >= 0.6 is 0 Å². The number of ether oxygens (including phenoxy) is 1. The van der Waals surface area contributed by atoms with E-state index in [4.69, 9.17) is 4.74 Å². The van der Waals surface area contributed by atoms with Gasteiger partial charge in [-0.25, -0.2) is 0 Å². The molecule has 0 saturated carbocycles. The molecule has 90 valence electrons. The lowest BCUT2D eigenvalue weighted by Crippen LogP contribution is -1.96. The Hall–Kier alpha value is -0.820. The summed E-state index contributed by atoms with van der Waals surface area (Å²) in [6.07, 6.45) is 7.40. The number of aryl methyl sites for hydroxylation is 1. The molecular weight excluding hydrogens is 196 g/mol. The maximum absolute atomic E-state index is 5.53. The second kappa shape index (κ2) is 9.41. The molecule has 0 fully saturated rings. The SMILES string of the molecule is CCCCOCCCCCc1ccccc1. The Bertz CT molecular complexity index is 243. The van der Waals surface area contributed by atoms with Gasteiger partial charge in [0.2, 0.25) is 0 Å². The second-order valence-electron chi connectivity index (χ2n) is 4.26. The van der Waals surface area contributed by atoms with Gasteiger partial charge in [0, 0.05) is 13.2 Å². The van der Waals surface area contributed by atoms with E-state index in [9.17, 15) is 0 Å². The van der Waals surface area contributed by atoms with Gasteiger partial charge in [-0.1, -0.05) is 50.1 Å². The molecule has 1 aromatic rings. The predicted molar refractivity (Wildman–Crippen MR) is 69.7 cm³/mol. The summed E-state index contributed by atoms with van der Waals surface area (Å²) < 4.78 is 5.53. The molecule has 1 nitrogen and oxygen atoms in total. The largest absolute Gasteiger partial charge is 0.381 e. The summed E-state index contributed by atoms with van der Waals surface area (Å²) in [4.78, 5) is 0. The van der Waals surface area contributed by atoms with Gasteiger partial charge in [0.1, 0.15) is 0 Å². The van der Waals surface area contributed by atoms with Crippen molar-refractivity contribution in [3.63, 3.8) is 0 Å². The average Bonchev–Trinajstić information content (AvgIpc) is 2.34. The van der Waals surface area contributed by atoms with Gasteiger partial charge in [-0.15, -0.1) is 0 Å². The van der Waals surface area contributed by atoms with E-state index in [2.05, 4.69) is 37.3 Å². The van der Waals surface area contributed by atoms with Gasteiger partial charge in [-0.05, 0) is 31.2 Å². The molecule has 1 heteroatoms. The Morgan fingerprint density at radius 1 is 0.875 bits per heavy atom. The lowest BCUT2D eigenvalue weighted by Gasteiger charge is -2.03. The van der Waals surface area contributed by atoms with Gasteiger partial charge < -0.3 is 4.74 Å². The predicted octanol–water partition coefficient (Wildman–Crippen LogP) is 4.22. The average molecular weight is 220 g/mol. The fourth-order valence-corrected chi connectivity index (χ4v) is 1.70. The van der Waals surface area contributed by atoms with Gasteiger partial charge in [-0.3, -0.25) is 0 Å². The number of rotatable bonds is 9. The highest BCUT2D eigenvalue weighted by molar-refractivity contribution is 5.14. The van der Waals surface area contributed by atoms with Crippen LogP contribution in [0.2, 0.25) is 0 Å². The van der Waals surface area contributed by atoms with E-state index in [0.717, 1.165) is 13.2 Å². The van der Waals surface area contributed by atoms with E-state index < -0.39 is 0 Å². The minimum atomic E-state index is 0.939. The number of hydrogen-bond donors (Lipinski definition) is 0. The lowest BCUT2D eigenvalue weighted by atomic mass is 10.1. The van der Waals surface area contributed by atoms with Crippen LogP contribution in [0.3, 0.4) is 0 Å². The van der Waals surface area contributed by atoms with E-state index in [-0.39, 0.29) is 0 Å². The summed E-state index contributed by atoms with van der Waals surface area (Å²) in [5.74, 6) is 0. The molecule has 0 saturated heterocycles. The fourth-order valence-electron chi connectivity index (χ4n) is 1.70. The van der Waals surface area contributed by atoms with Crippen molar-refractivity contribution < 1.29 is 4.74 Å². The highest BCUT2D eigenvalue weighted by Crippen LogP contribution is 2.06. The quantitative estimate of drug-likeness (QED) is 0.566. The Labute approximate surface area is 99.8 Å². The summed E-state index contributed by atoms with van der Waals surface area (Å²) >= 11 is 0. The summed E-state index contributed by atoms with van der Waals surface area (Å²) in [6.45, 7) is 4.08. The molecule has 0 heterocycles. The Morgan fingerprint density at radius 2 is 1.62 bits per heavy atom. The van der Waals surface area contributed by atoms with Crippen molar-refractivity contribution in [3.8, 4) is 0 Å². The summed E-state index contributed by atoms with van der Waals surface area (Å²) in [7, 11) is 0. The summed E-state index contributed by atoms with van der Waals surface area (Å²) in [5.41, 5.74) is 1.45. The van der Waals surface area contributed by atoms with Crippen molar-refractivity contribution >= 4 is 0 Å². The van der Waals surface area contributed by atoms with Crippen LogP contribution in [0.25, 0.3) is 0 Å². The van der Waals surface area contributed by atoms with E-state index in [0.29, 0.717) is 0 Å². The first kappa shape index (κ1) is 13.2. The van der Waals surface area contributed by atoms with Gasteiger partial charge in [0.25, 0.3) is 0 Å². The molecule has 0 aliphatic heterocycles. The fraction of sp³-hybridized carbons (Fsp3) is 0.600. The molecular formula is C15H24O. The third-order valence-electron chi connectivity index (χ3n) is 2.74. The molecule has 16 heavy (non-hydrogen) atoms. The molecule has 0 N–H and O–H groups in total. The van der Waals surface area contributed by atoms with Crippen molar-refractivity contribution in [2.75, 3.05) is 13.2 Å². The number of benzene rings is 1. The van der Waals surface area contributed by atoms with Crippen LogP contribution in [0.5, 0.6) is 0 Å². The normalized spacial score (nSPS) is 10.6. The summed E-state index contributed by atoms with van der Waals surface area (Å²) in [5, 5.41) is 0. The molecule has 0 spiro atoms. The van der Waals surface area contributed by atoms with Gasteiger partial charge in [0.05, 0.1) is 0 Å². The van der Waals surface area contributed by atoms with E-state index in [1.165, 1.54) is 44.1 Å². The van der Waals surface area contributed by atoms with Gasteiger partial charge >= 0.3 is 0 Å². The molecule has 0 aliphatic carbocycles. The molecule has 1 aromatic carbocycles. The first-order chi connectivity index (χ1) is 7.93. The van der Waals surface area contributed by atoms with Gasteiger partial charge in [-0.2, -0.15) is 0 Å². The minimum absolute atomic E-state index is 0.939. The zero-order valence-corrected chi connectivity index (χ0v) is 10.5. The van der Waals surface area contributed by atoms with Crippen LogP contribution in [0.1, 0.15) is 44.6 Å². The van der Waals surface area contributed by atoms with Crippen LogP contribution in [0.15, 0.2) is 30.3 Å². The van der Waals surface area contributed by atoms with E-state index >= 15 is 0 Å². The maximum Gasteiger partial charge on any atom is 0.0466 e. The zero-order chi connectivity index (χ0) is 11.5. The van der Waals surface area contributed by atoms with Crippen LogP contribution in [-0.2, 0) is 11.2 Å². The topological polar surface area (TPSA) is 9.23 Å². The molecule has 0 radical (unpaired) electrons. The van der Waals surface area contributed by atoms with Crippen molar-refractivity contribution in [2.45, 2.75) is 45.4 Å². The molecule has 0 aliphatic rings. The minimum Gasteiger partial charge on any atom is -0.381 e. The monoisotopic (exact) mass is 220 g/mol. The van der Waals surface area contributed by atoms with Crippen LogP contribution < -0.4 is 0 Å². The van der Waals surface area contributed by atoms with Gasteiger partial charge in [0.15, 0.2) is 0 Å². The number of unbranched alkanes of at least 4 members (excludes halogenated alkanes) is 3. The Morgan fingerprint density at radius 3 is 2.38 bits per heavy atom. The van der Waals surface area contributed by atoms with Crippen molar-refractivity contribution in [1.82, 2.24) is 0 Å². The second-order valence-corrected chi connectivity index (χ2v) is 4.26. The summed E-state index contributed by atoms with van der Waals surface area (Å²) in [6, 6.07) is 10.7. The smallest absolute Gasteiger partial charge is 0.0466 e. The molecule has 0 bridgehead atoms. The highest BCUT2D eigenvalue weighted by atomic mass is 16.5. The third-order valence-corrected chi connectivity index (χ3v) is 2.74. The molecule has 0 unspecified atom stereocenters. The zero-order valence-electron chi connectivity index (χ0n) is 10.5. The van der Waals surface area contributed by atoms with Crippen LogP contribution in [-0.4, -0.2) is 13.2 Å². The van der Waals surface area contributed by atoms with Crippen LogP contribution in [0, 0.1) is 0 Å². The van der Waals surface area contributed by atoms with Crippen LogP contribution in [0.4, 0.5) is 0 Å². The van der Waals surface area contributed by atoms with E-state index in [1.54, 1.807) is 0 Å². The lowest BCUT2D eigenvalue weighted by molar-refractivity contribution is 0.127. The molecule has 0 amide bonds.